The number of aromatic amines is 1. The third-order valence-corrected chi connectivity index (χ3v) is 5.01. The minimum Gasteiger partial charge on any atom is -0.346 e. The lowest BCUT2D eigenvalue weighted by atomic mass is 10.0. The second kappa shape index (κ2) is 5.94. The fraction of sp³-hybridized carbons (Fsp3) is 0.263. The lowest BCUT2D eigenvalue weighted by Gasteiger charge is -2.35. The van der Waals surface area contributed by atoms with Crippen LogP contribution in [0.4, 0.5) is 5.82 Å². The van der Waals surface area contributed by atoms with E-state index in [9.17, 15) is 0 Å². The summed E-state index contributed by atoms with van der Waals surface area (Å²) in [6, 6.07) is 12.9. The van der Waals surface area contributed by atoms with Crippen LogP contribution in [-0.2, 0) is 13.0 Å². The second-order valence-corrected chi connectivity index (χ2v) is 6.69. The Labute approximate surface area is 150 Å². The van der Waals surface area contributed by atoms with Gasteiger partial charge in [-0.3, -0.25) is 0 Å². The summed E-state index contributed by atoms with van der Waals surface area (Å²) in [4.78, 5) is 14.3. The van der Waals surface area contributed by atoms with Gasteiger partial charge >= 0.3 is 0 Å². The van der Waals surface area contributed by atoms with Crippen molar-refractivity contribution in [1.82, 2.24) is 29.7 Å². The largest absolute Gasteiger partial charge is 0.346 e. The molecule has 5 rings (SSSR count). The molecule has 0 radical (unpaired) electrons. The highest BCUT2D eigenvalue weighted by molar-refractivity contribution is 5.87. The number of aromatic nitrogens is 6. The Morgan fingerprint density at radius 1 is 1.12 bits per heavy atom. The number of anilines is 1. The molecule has 0 bridgehead atoms. The number of fused-ring (bicyclic) bond motifs is 2. The molecule has 0 aliphatic carbocycles. The van der Waals surface area contributed by atoms with Crippen LogP contribution in [0.1, 0.15) is 23.3 Å². The standard InChI is InChI=1S/C19H19N7/c1-13-23-24-17-11-25(19-16-7-8-20-18(16)21-12-22-19)10-15(26(13)17)9-14-5-3-2-4-6-14/h2-8,12,15H,9-11H2,1H3,(H,20,21,22)/t15-/m1/s1. The zero-order chi connectivity index (χ0) is 17.5. The van der Waals surface area contributed by atoms with Gasteiger partial charge in [0.05, 0.1) is 18.0 Å². The first-order valence-electron chi connectivity index (χ1n) is 8.77. The molecule has 4 aromatic rings. The fourth-order valence-corrected chi connectivity index (χ4v) is 3.88. The van der Waals surface area contributed by atoms with Crippen molar-refractivity contribution in [2.24, 2.45) is 0 Å². The van der Waals surface area contributed by atoms with Crippen molar-refractivity contribution >= 4 is 16.9 Å². The highest BCUT2D eigenvalue weighted by Gasteiger charge is 2.29. The zero-order valence-electron chi connectivity index (χ0n) is 14.5. The molecule has 0 unspecified atom stereocenters. The number of hydrogen-bond donors (Lipinski definition) is 1. The number of hydrogen-bond acceptors (Lipinski definition) is 5. The molecule has 1 atom stereocenters. The number of nitrogens with zero attached hydrogens (tertiary/aromatic N) is 6. The lowest BCUT2D eigenvalue weighted by molar-refractivity contribution is 0.421. The molecule has 7 heteroatoms. The summed E-state index contributed by atoms with van der Waals surface area (Å²) in [7, 11) is 0. The number of benzene rings is 1. The Balaban J connectivity index is 1.55. The average Bonchev–Trinajstić information content (AvgIpc) is 3.29. The van der Waals surface area contributed by atoms with E-state index in [4.69, 9.17) is 0 Å². The third kappa shape index (κ3) is 2.44. The molecule has 1 aromatic carbocycles. The Morgan fingerprint density at radius 2 is 2.00 bits per heavy atom. The van der Waals surface area contributed by atoms with Crippen LogP contribution in [0.2, 0.25) is 0 Å². The second-order valence-electron chi connectivity index (χ2n) is 6.69. The van der Waals surface area contributed by atoms with Crippen LogP contribution in [0.15, 0.2) is 48.9 Å². The van der Waals surface area contributed by atoms with Gasteiger partial charge in [0.15, 0.2) is 5.82 Å². The predicted octanol–water partition coefficient (Wildman–Crippen LogP) is 2.66. The smallest absolute Gasteiger partial charge is 0.152 e. The molecule has 0 amide bonds. The number of aryl methyl sites for hydroxylation is 1. The minimum atomic E-state index is 0.264. The molecule has 0 saturated carbocycles. The van der Waals surface area contributed by atoms with E-state index >= 15 is 0 Å². The van der Waals surface area contributed by atoms with Gasteiger partial charge in [0.2, 0.25) is 0 Å². The quantitative estimate of drug-likeness (QED) is 0.618. The molecule has 130 valence electrons. The molecule has 26 heavy (non-hydrogen) atoms. The van der Waals surface area contributed by atoms with Crippen LogP contribution in [-0.4, -0.2) is 36.3 Å². The fourth-order valence-electron chi connectivity index (χ4n) is 3.88. The molecule has 0 fully saturated rings. The normalized spacial score (nSPS) is 16.8. The van der Waals surface area contributed by atoms with Crippen LogP contribution in [0.5, 0.6) is 0 Å². The van der Waals surface area contributed by atoms with E-state index in [1.165, 1.54) is 5.56 Å². The Hall–Kier alpha value is -3.22. The first-order chi connectivity index (χ1) is 12.8. The maximum atomic E-state index is 4.56. The van der Waals surface area contributed by atoms with Crippen LogP contribution in [0.25, 0.3) is 11.0 Å². The Bertz CT molecular complexity index is 1050. The molecular weight excluding hydrogens is 326 g/mol. The van der Waals surface area contributed by atoms with Gasteiger partial charge < -0.3 is 14.5 Å². The molecule has 4 heterocycles. The molecule has 1 aliphatic heterocycles. The molecule has 1 N–H and O–H groups in total. The van der Waals surface area contributed by atoms with E-state index in [0.717, 1.165) is 41.5 Å². The predicted molar refractivity (Wildman–Crippen MR) is 98.9 cm³/mol. The SMILES string of the molecule is Cc1nnc2n1[C@H](Cc1ccccc1)CN(c1ncnc3[nH]ccc13)C2. The van der Waals surface area contributed by atoms with E-state index in [0.29, 0.717) is 6.54 Å². The molecule has 7 nitrogen and oxygen atoms in total. The number of nitrogens with one attached hydrogen (secondary N) is 1. The summed E-state index contributed by atoms with van der Waals surface area (Å²) in [6.07, 6.45) is 4.45. The Kier molecular flexibility index (Phi) is 3.44. The molecule has 0 spiro atoms. The van der Waals surface area contributed by atoms with Gasteiger partial charge in [-0.2, -0.15) is 0 Å². The van der Waals surface area contributed by atoms with E-state index in [1.807, 2.05) is 19.2 Å². The van der Waals surface area contributed by atoms with Gasteiger partial charge in [-0.25, -0.2) is 9.97 Å². The summed E-state index contributed by atoms with van der Waals surface area (Å²) >= 11 is 0. The van der Waals surface area contributed by atoms with Crippen molar-refractivity contribution in [3.05, 3.63) is 66.1 Å². The summed E-state index contributed by atoms with van der Waals surface area (Å²) in [5.41, 5.74) is 2.17. The van der Waals surface area contributed by atoms with Gasteiger partial charge in [-0.15, -0.1) is 10.2 Å². The maximum absolute atomic E-state index is 4.56. The minimum absolute atomic E-state index is 0.264. The van der Waals surface area contributed by atoms with Crippen LogP contribution < -0.4 is 4.90 Å². The van der Waals surface area contributed by atoms with Gasteiger partial charge in [0.1, 0.15) is 23.6 Å². The summed E-state index contributed by atoms with van der Waals surface area (Å²) in [5, 5.41) is 9.77. The summed E-state index contributed by atoms with van der Waals surface area (Å²) < 4.78 is 2.28. The van der Waals surface area contributed by atoms with Crippen molar-refractivity contribution in [2.75, 3.05) is 11.4 Å². The molecule has 0 saturated heterocycles. The van der Waals surface area contributed by atoms with Gasteiger partial charge in [0, 0.05) is 12.7 Å². The van der Waals surface area contributed by atoms with Crippen LogP contribution in [0.3, 0.4) is 0 Å². The van der Waals surface area contributed by atoms with E-state index in [2.05, 4.69) is 64.9 Å². The topological polar surface area (TPSA) is 75.5 Å². The lowest BCUT2D eigenvalue weighted by Crippen LogP contribution is -2.39. The molecule has 1 aliphatic rings. The highest BCUT2D eigenvalue weighted by atomic mass is 15.4. The molecule has 3 aromatic heterocycles. The van der Waals surface area contributed by atoms with E-state index < -0.39 is 0 Å². The number of H-pyrrole nitrogens is 1. The highest BCUT2D eigenvalue weighted by Crippen LogP contribution is 2.30. The summed E-state index contributed by atoms with van der Waals surface area (Å²) in [6.45, 7) is 3.58. The first-order valence-corrected chi connectivity index (χ1v) is 8.77. The van der Waals surface area contributed by atoms with Crippen molar-refractivity contribution in [3.63, 3.8) is 0 Å². The van der Waals surface area contributed by atoms with Crippen molar-refractivity contribution in [3.8, 4) is 0 Å². The monoisotopic (exact) mass is 345 g/mol. The zero-order valence-corrected chi connectivity index (χ0v) is 14.5. The van der Waals surface area contributed by atoms with Gasteiger partial charge in [-0.1, -0.05) is 30.3 Å². The van der Waals surface area contributed by atoms with Crippen LogP contribution in [0, 0.1) is 6.92 Å². The van der Waals surface area contributed by atoms with E-state index in [1.54, 1.807) is 6.33 Å². The van der Waals surface area contributed by atoms with Crippen molar-refractivity contribution < 1.29 is 0 Å². The average molecular weight is 345 g/mol. The van der Waals surface area contributed by atoms with Crippen molar-refractivity contribution in [2.45, 2.75) is 25.9 Å². The maximum Gasteiger partial charge on any atom is 0.152 e. The molecular formula is C19H19N7. The van der Waals surface area contributed by atoms with Crippen LogP contribution >= 0.6 is 0 Å². The van der Waals surface area contributed by atoms with Crippen molar-refractivity contribution in [1.29, 1.82) is 0 Å². The number of rotatable bonds is 3. The van der Waals surface area contributed by atoms with E-state index in [-0.39, 0.29) is 6.04 Å². The third-order valence-electron chi connectivity index (χ3n) is 5.01. The first kappa shape index (κ1) is 15.1. The van der Waals surface area contributed by atoms with Gasteiger partial charge in [0.25, 0.3) is 0 Å². The van der Waals surface area contributed by atoms with Gasteiger partial charge in [-0.05, 0) is 25.0 Å². The summed E-state index contributed by atoms with van der Waals surface area (Å²) in [5.74, 6) is 2.90. The Morgan fingerprint density at radius 3 is 2.88 bits per heavy atom.